The summed E-state index contributed by atoms with van der Waals surface area (Å²) in [6.45, 7) is 1.90. The average molecular weight is 333 g/mol. The Morgan fingerprint density at radius 3 is 2.46 bits per heavy atom. The summed E-state index contributed by atoms with van der Waals surface area (Å²) in [7, 11) is 0. The molecule has 1 aromatic rings. The number of carbonyl (C=O) groups is 2. The van der Waals surface area contributed by atoms with Crippen LogP contribution in [0.1, 0.15) is 63.5 Å². The molecule has 0 atom stereocenters. The highest BCUT2D eigenvalue weighted by Gasteiger charge is 2.33. The maximum Gasteiger partial charge on any atom is 0.245 e. The Morgan fingerprint density at radius 2 is 1.83 bits per heavy atom. The maximum absolute atomic E-state index is 12.9. The molecule has 1 aromatic heterocycles. The van der Waals surface area contributed by atoms with Crippen molar-refractivity contribution in [3.63, 3.8) is 0 Å². The van der Waals surface area contributed by atoms with Gasteiger partial charge in [-0.05, 0) is 32.6 Å². The van der Waals surface area contributed by atoms with Crippen molar-refractivity contribution in [1.29, 1.82) is 0 Å². The quantitative estimate of drug-likeness (QED) is 0.897. The number of hydrogen-bond acceptors (Lipinski definition) is 4. The van der Waals surface area contributed by atoms with Crippen molar-refractivity contribution >= 4 is 17.6 Å². The summed E-state index contributed by atoms with van der Waals surface area (Å²) in [5, 5.41) is 6.53. The van der Waals surface area contributed by atoms with Gasteiger partial charge in [0.2, 0.25) is 11.8 Å². The van der Waals surface area contributed by atoms with Crippen molar-refractivity contribution in [2.75, 3.05) is 11.9 Å². The number of nitrogens with one attached hydrogen (secondary N) is 1. The van der Waals surface area contributed by atoms with Crippen LogP contribution in [0.4, 0.5) is 5.82 Å². The van der Waals surface area contributed by atoms with Crippen LogP contribution in [-0.4, -0.2) is 34.5 Å². The van der Waals surface area contributed by atoms with Crippen LogP contribution in [0.15, 0.2) is 10.6 Å². The molecule has 2 aliphatic carbocycles. The molecule has 0 aliphatic heterocycles. The van der Waals surface area contributed by atoms with Crippen LogP contribution in [0.3, 0.4) is 0 Å². The summed E-state index contributed by atoms with van der Waals surface area (Å²) in [5.74, 6) is 1.14. The van der Waals surface area contributed by atoms with E-state index in [-0.39, 0.29) is 30.3 Å². The minimum absolute atomic E-state index is 0.106. The first kappa shape index (κ1) is 17.0. The van der Waals surface area contributed by atoms with Crippen molar-refractivity contribution in [3.05, 3.63) is 11.8 Å². The van der Waals surface area contributed by atoms with E-state index in [1.165, 1.54) is 6.42 Å². The minimum Gasteiger partial charge on any atom is -0.360 e. The van der Waals surface area contributed by atoms with Crippen molar-refractivity contribution in [1.82, 2.24) is 10.1 Å². The van der Waals surface area contributed by atoms with Gasteiger partial charge in [0, 0.05) is 18.0 Å². The summed E-state index contributed by atoms with van der Waals surface area (Å²) in [6.07, 6.45) is 9.71. The third-order valence-electron chi connectivity index (χ3n) is 5.21. The van der Waals surface area contributed by atoms with Gasteiger partial charge in [0.05, 0.1) is 0 Å². The number of hydrogen-bond donors (Lipinski definition) is 1. The molecule has 3 rings (SSSR count). The van der Waals surface area contributed by atoms with Crippen molar-refractivity contribution in [2.24, 2.45) is 5.92 Å². The fourth-order valence-electron chi connectivity index (χ4n) is 3.95. The number of nitrogens with zero attached hydrogens (tertiary/aromatic N) is 2. The molecule has 6 nitrogen and oxygen atoms in total. The SMILES string of the molecule is Cc1cc(NC(=O)CN(C(=O)C2CCCC2)C2CCCCC2)no1. The first-order valence-electron chi connectivity index (χ1n) is 9.17. The molecule has 0 aromatic carbocycles. The highest BCUT2D eigenvalue weighted by molar-refractivity contribution is 5.94. The molecular formula is C18H27N3O3. The molecule has 24 heavy (non-hydrogen) atoms. The van der Waals surface area contributed by atoms with Gasteiger partial charge in [0.25, 0.3) is 0 Å². The van der Waals surface area contributed by atoms with Crippen molar-refractivity contribution in [3.8, 4) is 0 Å². The van der Waals surface area contributed by atoms with Crippen molar-refractivity contribution in [2.45, 2.75) is 70.8 Å². The number of aromatic nitrogens is 1. The molecule has 2 amide bonds. The monoisotopic (exact) mass is 333 g/mol. The number of anilines is 1. The predicted octanol–water partition coefficient (Wildman–Crippen LogP) is 3.27. The summed E-state index contributed by atoms with van der Waals surface area (Å²) in [6, 6.07) is 1.89. The maximum atomic E-state index is 12.9. The first-order chi connectivity index (χ1) is 11.6. The molecule has 0 bridgehead atoms. The second-order valence-electron chi connectivity index (χ2n) is 7.11. The van der Waals surface area contributed by atoms with Gasteiger partial charge in [-0.2, -0.15) is 0 Å². The van der Waals surface area contributed by atoms with Crippen LogP contribution in [0.2, 0.25) is 0 Å². The molecule has 132 valence electrons. The second kappa shape index (κ2) is 7.81. The molecule has 1 heterocycles. The molecule has 1 N–H and O–H groups in total. The fraction of sp³-hybridized carbons (Fsp3) is 0.722. The van der Waals surface area contributed by atoms with Crippen LogP contribution in [0.25, 0.3) is 0 Å². The highest BCUT2D eigenvalue weighted by Crippen LogP contribution is 2.30. The molecule has 0 unspecified atom stereocenters. The fourth-order valence-corrected chi connectivity index (χ4v) is 3.95. The zero-order valence-corrected chi connectivity index (χ0v) is 14.4. The third-order valence-corrected chi connectivity index (χ3v) is 5.21. The van der Waals surface area contributed by atoms with E-state index in [1.54, 1.807) is 13.0 Å². The molecule has 2 fully saturated rings. The summed E-state index contributed by atoms with van der Waals surface area (Å²) >= 11 is 0. The van der Waals surface area contributed by atoms with Gasteiger partial charge >= 0.3 is 0 Å². The van der Waals surface area contributed by atoms with Crippen LogP contribution >= 0.6 is 0 Å². The lowest BCUT2D eigenvalue weighted by Gasteiger charge is -2.35. The van der Waals surface area contributed by atoms with Gasteiger partial charge in [-0.3, -0.25) is 9.59 Å². The van der Waals surface area contributed by atoms with E-state index in [0.717, 1.165) is 51.4 Å². The second-order valence-corrected chi connectivity index (χ2v) is 7.11. The van der Waals surface area contributed by atoms with Gasteiger partial charge in [-0.25, -0.2) is 0 Å². The Morgan fingerprint density at radius 1 is 1.17 bits per heavy atom. The highest BCUT2D eigenvalue weighted by atomic mass is 16.5. The lowest BCUT2D eigenvalue weighted by Crippen LogP contribution is -2.47. The van der Waals surface area contributed by atoms with Crippen molar-refractivity contribution < 1.29 is 14.1 Å². The smallest absolute Gasteiger partial charge is 0.245 e. The van der Waals surface area contributed by atoms with Gasteiger partial charge in [0.1, 0.15) is 12.3 Å². The Balaban J connectivity index is 1.66. The van der Waals surface area contributed by atoms with E-state index in [0.29, 0.717) is 11.6 Å². The molecular weight excluding hydrogens is 306 g/mol. The summed E-state index contributed by atoms with van der Waals surface area (Å²) < 4.78 is 4.97. The summed E-state index contributed by atoms with van der Waals surface area (Å²) in [4.78, 5) is 27.2. The summed E-state index contributed by atoms with van der Waals surface area (Å²) in [5.41, 5.74) is 0. The van der Waals surface area contributed by atoms with E-state index in [9.17, 15) is 9.59 Å². The standard InChI is InChI=1S/C18H27N3O3/c1-13-11-16(20-24-13)19-17(22)12-21(15-9-3-2-4-10-15)18(23)14-7-5-6-8-14/h11,14-15H,2-10,12H2,1H3,(H,19,20,22). The van der Waals surface area contributed by atoms with E-state index < -0.39 is 0 Å². The molecule has 0 spiro atoms. The number of carbonyl (C=O) groups excluding carboxylic acids is 2. The average Bonchev–Trinajstić information content (AvgIpc) is 3.25. The lowest BCUT2D eigenvalue weighted by atomic mass is 9.93. The van der Waals surface area contributed by atoms with Gasteiger partial charge in [-0.1, -0.05) is 37.3 Å². The Bertz CT molecular complexity index is 572. The Labute approximate surface area is 142 Å². The van der Waals surface area contributed by atoms with Gasteiger partial charge in [0.15, 0.2) is 5.82 Å². The third kappa shape index (κ3) is 4.16. The normalized spacial score (nSPS) is 19.4. The number of rotatable bonds is 5. The molecule has 6 heteroatoms. The van der Waals surface area contributed by atoms with Crippen LogP contribution in [0.5, 0.6) is 0 Å². The van der Waals surface area contributed by atoms with Gasteiger partial charge < -0.3 is 14.7 Å². The number of amides is 2. The van der Waals surface area contributed by atoms with Crippen LogP contribution < -0.4 is 5.32 Å². The van der Waals surface area contributed by atoms with E-state index >= 15 is 0 Å². The Hall–Kier alpha value is -1.85. The Kier molecular flexibility index (Phi) is 5.53. The lowest BCUT2D eigenvalue weighted by molar-refractivity contribution is -0.141. The first-order valence-corrected chi connectivity index (χ1v) is 9.17. The largest absolute Gasteiger partial charge is 0.360 e. The molecule has 2 saturated carbocycles. The zero-order chi connectivity index (χ0) is 16.9. The molecule has 2 aliphatic rings. The van der Waals surface area contributed by atoms with E-state index in [1.807, 2.05) is 4.90 Å². The topological polar surface area (TPSA) is 75.4 Å². The van der Waals surface area contributed by atoms with Crippen LogP contribution in [-0.2, 0) is 9.59 Å². The zero-order valence-electron chi connectivity index (χ0n) is 14.4. The minimum atomic E-state index is -0.194. The van der Waals surface area contributed by atoms with Gasteiger partial charge in [-0.15, -0.1) is 0 Å². The van der Waals surface area contributed by atoms with E-state index in [4.69, 9.17) is 4.52 Å². The number of aryl methyl sites for hydroxylation is 1. The predicted molar refractivity (Wildman–Crippen MR) is 90.4 cm³/mol. The molecule has 0 radical (unpaired) electrons. The van der Waals surface area contributed by atoms with E-state index in [2.05, 4.69) is 10.5 Å². The van der Waals surface area contributed by atoms with Crippen LogP contribution in [0, 0.1) is 12.8 Å². The molecule has 0 saturated heterocycles.